The van der Waals surface area contributed by atoms with Crippen molar-refractivity contribution in [3.63, 3.8) is 0 Å². The van der Waals surface area contributed by atoms with E-state index >= 15 is 0 Å². The average molecular weight is 455 g/mol. The zero-order valence-electron chi connectivity index (χ0n) is 16.3. The van der Waals surface area contributed by atoms with E-state index in [9.17, 15) is 4.39 Å². The molecule has 158 valence electrons. The Labute approximate surface area is 186 Å². The predicted molar refractivity (Wildman–Crippen MR) is 122 cm³/mol. The molecule has 0 aliphatic carbocycles. The van der Waals surface area contributed by atoms with Crippen LogP contribution in [0.4, 0.5) is 27.1 Å². The Bertz CT molecular complexity index is 1120. The summed E-state index contributed by atoms with van der Waals surface area (Å²) in [6.45, 7) is 0.783. The van der Waals surface area contributed by atoms with Gasteiger partial charge in [-0.3, -0.25) is 0 Å². The van der Waals surface area contributed by atoms with Gasteiger partial charge in [0, 0.05) is 12.2 Å². The average Bonchev–Trinajstić information content (AvgIpc) is 3.22. The molecule has 8 nitrogen and oxygen atoms in total. The van der Waals surface area contributed by atoms with Gasteiger partial charge in [-0.2, -0.15) is 15.0 Å². The fourth-order valence-electron chi connectivity index (χ4n) is 2.65. The first kappa shape index (κ1) is 20.9. The van der Waals surface area contributed by atoms with Crippen molar-refractivity contribution in [1.82, 2.24) is 25.1 Å². The van der Waals surface area contributed by atoms with E-state index in [0.29, 0.717) is 23.2 Å². The highest BCUT2D eigenvalue weighted by Crippen LogP contribution is 2.28. The van der Waals surface area contributed by atoms with Gasteiger partial charge in [0.1, 0.15) is 11.6 Å². The molecule has 0 aliphatic heterocycles. The third-order valence-corrected chi connectivity index (χ3v) is 6.07. The van der Waals surface area contributed by atoms with Gasteiger partial charge in [0.2, 0.25) is 17.0 Å². The van der Waals surface area contributed by atoms with E-state index in [4.69, 9.17) is 5.73 Å². The minimum absolute atomic E-state index is 0.107. The highest BCUT2D eigenvalue weighted by molar-refractivity contribution is 8.00. The van der Waals surface area contributed by atoms with Crippen molar-refractivity contribution in [1.29, 1.82) is 0 Å². The van der Waals surface area contributed by atoms with Gasteiger partial charge in [0.05, 0.1) is 5.75 Å². The highest BCUT2D eigenvalue weighted by atomic mass is 32.2. The van der Waals surface area contributed by atoms with Crippen LogP contribution in [0, 0.1) is 5.82 Å². The Hall–Kier alpha value is -3.31. The lowest BCUT2D eigenvalue weighted by molar-refractivity contribution is 0.628. The fraction of sp³-hybridized carbons (Fsp3) is 0.150. The Morgan fingerprint density at radius 2 is 1.77 bits per heavy atom. The maximum Gasteiger partial charge on any atom is 0.232 e. The molecule has 0 atom stereocenters. The van der Waals surface area contributed by atoms with Gasteiger partial charge in [0.15, 0.2) is 4.34 Å². The minimum atomic E-state index is -0.316. The number of aromatic nitrogens is 5. The fourth-order valence-corrected chi connectivity index (χ4v) is 4.28. The van der Waals surface area contributed by atoms with E-state index in [1.807, 2.05) is 18.2 Å². The minimum Gasteiger partial charge on any atom is -0.368 e. The number of nitrogens with two attached hydrogens (primary N) is 1. The molecule has 0 saturated carbocycles. The van der Waals surface area contributed by atoms with Gasteiger partial charge in [-0.15, -0.1) is 10.2 Å². The highest BCUT2D eigenvalue weighted by Gasteiger charge is 2.09. The molecule has 0 bridgehead atoms. The largest absolute Gasteiger partial charge is 0.368 e. The summed E-state index contributed by atoms with van der Waals surface area (Å²) >= 11 is 2.94. The number of anilines is 4. The van der Waals surface area contributed by atoms with Crippen molar-refractivity contribution in [2.75, 3.05) is 22.9 Å². The molecule has 0 spiro atoms. The van der Waals surface area contributed by atoms with Gasteiger partial charge < -0.3 is 16.4 Å². The molecule has 4 rings (SSSR count). The molecule has 31 heavy (non-hydrogen) atoms. The summed E-state index contributed by atoms with van der Waals surface area (Å²) in [4.78, 5) is 12.6. The van der Waals surface area contributed by atoms with Crippen LogP contribution in [0.5, 0.6) is 0 Å². The van der Waals surface area contributed by atoms with E-state index in [1.54, 1.807) is 12.1 Å². The van der Waals surface area contributed by atoms with Crippen molar-refractivity contribution in [2.24, 2.45) is 0 Å². The summed E-state index contributed by atoms with van der Waals surface area (Å²) in [7, 11) is 0. The number of hydrogen-bond acceptors (Lipinski definition) is 10. The lowest BCUT2D eigenvalue weighted by atomic mass is 10.2. The molecule has 0 saturated heterocycles. The zero-order valence-corrected chi connectivity index (χ0v) is 18.0. The van der Waals surface area contributed by atoms with Crippen LogP contribution in [0.25, 0.3) is 0 Å². The predicted octanol–water partition coefficient (Wildman–Crippen LogP) is 4.13. The monoisotopic (exact) mass is 454 g/mol. The number of rotatable bonds is 9. The third-order valence-electron chi connectivity index (χ3n) is 4.06. The van der Waals surface area contributed by atoms with Crippen LogP contribution in [-0.2, 0) is 12.2 Å². The third kappa shape index (κ3) is 6.33. The lowest BCUT2D eigenvalue weighted by Gasteiger charge is -2.06. The smallest absolute Gasteiger partial charge is 0.232 e. The molecule has 11 heteroatoms. The Balaban J connectivity index is 1.30. The van der Waals surface area contributed by atoms with Gasteiger partial charge in [-0.25, -0.2) is 4.39 Å². The molecule has 2 aromatic heterocycles. The SMILES string of the molecule is Nc1nc(CSc2nnc(NCCc3ccccc3)s2)nc(Nc2ccc(F)cc2)n1. The van der Waals surface area contributed by atoms with Crippen LogP contribution in [0.15, 0.2) is 58.9 Å². The number of nitrogens with zero attached hydrogens (tertiary/aromatic N) is 5. The Morgan fingerprint density at radius 3 is 2.58 bits per heavy atom. The molecule has 2 heterocycles. The first-order chi connectivity index (χ1) is 15.1. The number of nitrogen functional groups attached to an aromatic ring is 1. The van der Waals surface area contributed by atoms with Gasteiger partial charge >= 0.3 is 0 Å². The van der Waals surface area contributed by atoms with E-state index < -0.39 is 0 Å². The topological polar surface area (TPSA) is 115 Å². The van der Waals surface area contributed by atoms with Crippen molar-refractivity contribution >= 4 is 45.8 Å². The van der Waals surface area contributed by atoms with E-state index in [2.05, 4.69) is 47.9 Å². The summed E-state index contributed by atoms with van der Waals surface area (Å²) in [6, 6.07) is 16.2. The number of hydrogen-bond donors (Lipinski definition) is 3. The van der Waals surface area contributed by atoms with Crippen LogP contribution in [0.2, 0.25) is 0 Å². The summed E-state index contributed by atoms with van der Waals surface area (Å²) in [5, 5.41) is 15.4. The lowest BCUT2D eigenvalue weighted by Crippen LogP contribution is -2.06. The standard InChI is InChI=1S/C20H19FN8S2/c21-14-6-8-15(9-7-14)24-18-26-16(25-17(22)27-18)12-30-20-29-28-19(31-20)23-11-10-13-4-2-1-3-5-13/h1-9H,10-12H2,(H,23,28)(H3,22,24,25,26,27). The molecule has 2 aromatic carbocycles. The molecule has 0 aliphatic rings. The molecule has 0 radical (unpaired) electrons. The summed E-state index contributed by atoms with van der Waals surface area (Å²) < 4.78 is 13.9. The second-order valence-corrected chi connectivity index (χ2v) is 8.59. The maximum atomic E-state index is 13.1. The van der Waals surface area contributed by atoms with Crippen molar-refractivity contribution < 1.29 is 4.39 Å². The zero-order chi connectivity index (χ0) is 21.5. The van der Waals surface area contributed by atoms with Gasteiger partial charge in [-0.1, -0.05) is 53.4 Å². The number of halogens is 1. The normalized spacial score (nSPS) is 10.7. The second-order valence-electron chi connectivity index (χ2n) is 6.39. The molecule has 0 unspecified atom stereocenters. The molecular formula is C20H19FN8S2. The molecule has 0 fully saturated rings. The Kier molecular flexibility index (Phi) is 6.85. The van der Waals surface area contributed by atoms with E-state index in [-0.39, 0.29) is 11.8 Å². The summed E-state index contributed by atoms with van der Waals surface area (Å²) in [5.74, 6) is 1.06. The van der Waals surface area contributed by atoms with E-state index in [0.717, 1.165) is 22.4 Å². The number of thioether (sulfide) groups is 1. The number of nitrogens with one attached hydrogen (secondary N) is 2. The van der Waals surface area contributed by atoms with Crippen molar-refractivity contribution in [2.45, 2.75) is 16.5 Å². The molecule has 0 amide bonds. The van der Waals surface area contributed by atoms with Gasteiger partial charge in [-0.05, 0) is 36.2 Å². The van der Waals surface area contributed by atoms with E-state index in [1.165, 1.54) is 40.8 Å². The first-order valence-electron chi connectivity index (χ1n) is 9.41. The second kappa shape index (κ2) is 10.1. The van der Waals surface area contributed by atoms with Crippen LogP contribution < -0.4 is 16.4 Å². The van der Waals surface area contributed by atoms with Crippen LogP contribution in [-0.4, -0.2) is 31.7 Å². The van der Waals surface area contributed by atoms with Crippen LogP contribution >= 0.6 is 23.1 Å². The summed E-state index contributed by atoms with van der Waals surface area (Å²) in [6.07, 6.45) is 0.914. The molecular weight excluding hydrogens is 435 g/mol. The Morgan fingerprint density at radius 1 is 0.968 bits per heavy atom. The maximum absolute atomic E-state index is 13.1. The molecule has 4 aromatic rings. The van der Waals surface area contributed by atoms with Crippen molar-refractivity contribution in [3.05, 3.63) is 71.8 Å². The van der Waals surface area contributed by atoms with Crippen molar-refractivity contribution in [3.8, 4) is 0 Å². The van der Waals surface area contributed by atoms with Gasteiger partial charge in [0.25, 0.3) is 0 Å². The molecule has 4 N–H and O–H groups in total. The first-order valence-corrected chi connectivity index (χ1v) is 11.2. The summed E-state index contributed by atoms with van der Waals surface area (Å²) in [5.41, 5.74) is 7.73. The van der Waals surface area contributed by atoms with Crippen LogP contribution in [0.1, 0.15) is 11.4 Å². The number of benzene rings is 2. The van der Waals surface area contributed by atoms with Crippen LogP contribution in [0.3, 0.4) is 0 Å². The quantitative estimate of drug-likeness (QED) is 0.321.